The second kappa shape index (κ2) is 9.15. The fourth-order valence-corrected chi connectivity index (χ4v) is 1.79. The van der Waals surface area contributed by atoms with Crippen molar-refractivity contribution < 1.29 is 19.1 Å². The number of ether oxygens (including phenoxy) is 2. The van der Waals surface area contributed by atoms with Crippen LogP contribution in [0.4, 0.5) is 0 Å². The molecule has 2 amide bonds. The minimum atomic E-state index is -0.538. The van der Waals surface area contributed by atoms with Crippen molar-refractivity contribution in [2.75, 3.05) is 13.2 Å². The molecule has 0 bridgehead atoms. The van der Waals surface area contributed by atoms with E-state index in [1.54, 1.807) is 48.5 Å². The fourth-order valence-electron chi connectivity index (χ4n) is 1.67. The largest absolute Gasteiger partial charge is 0.484 e. The van der Waals surface area contributed by atoms with E-state index in [-0.39, 0.29) is 13.2 Å². The summed E-state index contributed by atoms with van der Waals surface area (Å²) in [4.78, 5) is 23.2. The zero-order valence-corrected chi connectivity index (χ0v) is 13.7. The average molecular weight is 360 g/mol. The Morgan fingerprint density at radius 2 is 1.32 bits per heavy atom. The molecule has 0 aliphatic rings. The molecule has 2 aromatic rings. The maximum Gasteiger partial charge on any atom is 0.276 e. The Balaban J connectivity index is 1.65. The molecule has 0 aromatic heterocycles. The van der Waals surface area contributed by atoms with Crippen molar-refractivity contribution in [2.24, 2.45) is 0 Å². The van der Waals surface area contributed by atoms with Gasteiger partial charge in [0.1, 0.15) is 11.5 Å². The lowest BCUT2D eigenvalue weighted by Crippen LogP contribution is -2.45. The highest BCUT2D eigenvalue weighted by atomic mass is 35.5. The van der Waals surface area contributed by atoms with E-state index < -0.39 is 11.8 Å². The molecule has 0 aliphatic carbocycles. The third kappa shape index (κ3) is 6.41. The summed E-state index contributed by atoms with van der Waals surface area (Å²) in [7, 11) is 0. The van der Waals surface area contributed by atoms with Gasteiger partial charge in [-0.1, -0.05) is 11.6 Å². The highest BCUT2D eigenvalue weighted by Crippen LogP contribution is 2.15. The first-order valence-corrected chi connectivity index (χ1v) is 7.53. The number of hydrogen-bond donors (Lipinski definition) is 2. The van der Waals surface area contributed by atoms with Gasteiger partial charge in [0, 0.05) is 5.02 Å². The third-order valence-corrected chi connectivity index (χ3v) is 3.13. The lowest BCUT2D eigenvalue weighted by molar-refractivity contribution is -0.131. The molecule has 0 radical (unpaired) electrons. The van der Waals surface area contributed by atoms with Gasteiger partial charge in [0.05, 0.1) is 11.6 Å². The molecule has 0 spiro atoms. The molecule has 0 heterocycles. The maximum absolute atomic E-state index is 11.6. The molecule has 0 unspecified atom stereocenters. The van der Waals surface area contributed by atoms with E-state index in [4.69, 9.17) is 26.3 Å². The second-order valence-corrected chi connectivity index (χ2v) is 5.20. The summed E-state index contributed by atoms with van der Waals surface area (Å²) in [6.45, 7) is -0.553. The summed E-state index contributed by atoms with van der Waals surface area (Å²) in [5, 5.41) is 9.25. The van der Waals surface area contributed by atoms with Crippen LogP contribution in [-0.4, -0.2) is 25.0 Å². The van der Waals surface area contributed by atoms with Crippen molar-refractivity contribution >= 4 is 23.4 Å². The van der Waals surface area contributed by atoms with Crippen LogP contribution >= 0.6 is 11.6 Å². The number of carbonyl (C=O) groups is 2. The number of nitrogens with one attached hydrogen (secondary N) is 2. The summed E-state index contributed by atoms with van der Waals surface area (Å²) in [5.74, 6) is -0.146. The smallest absolute Gasteiger partial charge is 0.276 e. The topological polar surface area (TPSA) is 100 Å². The van der Waals surface area contributed by atoms with Crippen LogP contribution < -0.4 is 20.3 Å². The first kappa shape index (κ1) is 18.1. The summed E-state index contributed by atoms with van der Waals surface area (Å²) in [6.07, 6.45) is 0. The zero-order chi connectivity index (χ0) is 18.1. The van der Waals surface area contributed by atoms with Gasteiger partial charge >= 0.3 is 0 Å². The Morgan fingerprint density at radius 1 is 0.880 bits per heavy atom. The number of carbonyl (C=O) groups excluding carboxylic acids is 2. The fraction of sp³-hybridized carbons (Fsp3) is 0.118. The Labute approximate surface area is 149 Å². The molecule has 2 rings (SSSR count). The van der Waals surface area contributed by atoms with Crippen LogP contribution in [-0.2, 0) is 9.59 Å². The van der Waals surface area contributed by atoms with Gasteiger partial charge in [-0.3, -0.25) is 20.4 Å². The van der Waals surface area contributed by atoms with E-state index in [0.29, 0.717) is 22.1 Å². The molecule has 25 heavy (non-hydrogen) atoms. The van der Waals surface area contributed by atoms with Gasteiger partial charge in [0.2, 0.25) is 0 Å². The van der Waals surface area contributed by atoms with E-state index in [1.165, 1.54) is 0 Å². The van der Waals surface area contributed by atoms with Gasteiger partial charge in [-0.2, -0.15) is 5.26 Å². The van der Waals surface area contributed by atoms with Crippen LogP contribution in [0.25, 0.3) is 0 Å². The quantitative estimate of drug-likeness (QED) is 0.766. The van der Waals surface area contributed by atoms with Crippen molar-refractivity contribution in [2.45, 2.75) is 0 Å². The molecular weight excluding hydrogens is 346 g/mol. The van der Waals surface area contributed by atoms with E-state index in [2.05, 4.69) is 10.9 Å². The van der Waals surface area contributed by atoms with Gasteiger partial charge < -0.3 is 9.47 Å². The highest BCUT2D eigenvalue weighted by molar-refractivity contribution is 6.30. The molecule has 8 heteroatoms. The number of amides is 2. The summed E-state index contributed by atoms with van der Waals surface area (Å²) in [6, 6.07) is 14.8. The van der Waals surface area contributed by atoms with Crippen molar-refractivity contribution in [3.63, 3.8) is 0 Å². The van der Waals surface area contributed by atoms with Gasteiger partial charge in [0.25, 0.3) is 11.8 Å². The lowest BCUT2D eigenvalue weighted by atomic mass is 10.2. The van der Waals surface area contributed by atoms with Crippen molar-refractivity contribution in [3.8, 4) is 17.6 Å². The highest BCUT2D eigenvalue weighted by Gasteiger charge is 2.06. The van der Waals surface area contributed by atoms with Crippen molar-refractivity contribution in [3.05, 3.63) is 59.1 Å². The van der Waals surface area contributed by atoms with Gasteiger partial charge in [-0.05, 0) is 48.5 Å². The zero-order valence-electron chi connectivity index (χ0n) is 13.0. The standard InChI is InChI=1S/C17H14ClN3O4/c18-13-3-7-15(8-4-13)25-11-17(23)21-20-16(22)10-24-14-5-1-12(9-19)2-6-14/h1-8H,10-11H2,(H,20,22)(H,21,23). The lowest BCUT2D eigenvalue weighted by Gasteiger charge is -2.09. The number of hydrogen-bond acceptors (Lipinski definition) is 5. The predicted molar refractivity (Wildman–Crippen MR) is 89.9 cm³/mol. The molecule has 0 fully saturated rings. The molecule has 0 aliphatic heterocycles. The van der Waals surface area contributed by atoms with Crippen LogP contribution in [0, 0.1) is 11.3 Å². The molecule has 0 saturated heterocycles. The van der Waals surface area contributed by atoms with Gasteiger partial charge in [-0.25, -0.2) is 0 Å². The van der Waals surface area contributed by atoms with Crippen LogP contribution in [0.15, 0.2) is 48.5 Å². The van der Waals surface area contributed by atoms with E-state index >= 15 is 0 Å². The molecule has 2 N–H and O–H groups in total. The van der Waals surface area contributed by atoms with Crippen LogP contribution in [0.1, 0.15) is 5.56 Å². The molecule has 128 valence electrons. The normalized spacial score (nSPS) is 9.60. The van der Waals surface area contributed by atoms with E-state index in [0.717, 1.165) is 0 Å². The molecule has 7 nitrogen and oxygen atoms in total. The molecular formula is C17H14ClN3O4. The predicted octanol–water partition coefficient (Wildman–Crippen LogP) is 1.82. The second-order valence-electron chi connectivity index (χ2n) is 4.76. The Bertz CT molecular complexity index is 770. The third-order valence-electron chi connectivity index (χ3n) is 2.88. The first-order valence-electron chi connectivity index (χ1n) is 7.16. The number of nitriles is 1. The number of halogens is 1. The number of hydrazine groups is 1. The van der Waals surface area contributed by atoms with Gasteiger partial charge in [0.15, 0.2) is 13.2 Å². The van der Waals surface area contributed by atoms with E-state index in [9.17, 15) is 9.59 Å². The monoisotopic (exact) mass is 359 g/mol. The van der Waals surface area contributed by atoms with Crippen molar-refractivity contribution in [1.29, 1.82) is 5.26 Å². The van der Waals surface area contributed by atoms with Crippen molar-refractivity contribution in [1.82, 2.24) is 10.9 Å². The molecule has 2 aromatic carbocycles. The SMILES string of the molecule is N#Cc1ccc(OCC(=O)NNC(=O)COc2ccc(Cl)cc2)cc1. The molecule has 0 saturated carbocycles. The minimum absolute atomic E-state index is 0.265. The minimum Gasteiger partial charge on any atom is -0.484 e. The maximum atomic E-state index is 11.6. The number of benzene rings is 2. The van der Waals surface area contributed by atoms with Crippen LogP contribution in [0.5, 0.6) is 11.5 Å². The van der Waals surface area contributed by atoms with Gasteiger partial charge in [-0.15, -0.1) is 0 Å². The molecule has 0 atom stereocenters. The Kier molecular flexibility index (Phi) is 6.63. The number of nitrogens with zero attached hydrogens (tertiary/aromatic N) is 1. The van der Waals surface area contributed by atoms with E-state index in [1.807, 2.05) is 6.07 Å². The van der Waals surface area contributed by atoms with Crippen LogP contribution in [0.3, 0.4) is 0 Å². The summed E-state index contributed by atoms with van der Waals surface area (Å²) >= 11 is 5.74. The Hall–Kier alpha value is -3.24. The first-order chi connectivity index (χ1) is 12.1. The average Bonchev–Trinajstić information content (AvgIpc) is 2.64. The van der Waals surface area contributed by atoms with Crippen LogP contribution in [0.2, 0.25) is 5.02 Å². The number of rotatable bonds is 6. The summed E-state index contributed by atoms with van der Waals surface area (Å²) < 4.78 is 10.5. The Morgan fingerprint density at radius 3 is 1.76 bits per heavy atom. The summed E-state index contributed by atoms with van der Waals surface area (Å²) in [5.41, 5.74) is 4.90.